The molecule has 0 amide bonds. The van der Waals surface area contributed by atoms with E-state index in [2.05, 4.69) is 33.8 Å². The summed E-state index contributed by atoms with van der Waals surface area (Å²) in [5.74, 6) is 0.429. The molecule has 2 aromatic rings. The first-order chi connectivity index (χ1) is 10.6. The van der Waals surface area contributed by atoms with Gasteiger partial charge in [0.2, 0.25) is 0 Å². The SMILES string of the molecule is CC(C)c1c(S(=O)(=O)[O-])cc2cccc(C(C)C)c2c1C(C)C.[Na+]. The van der Waals surface area contributed by atoms with Gasteiger partial charge in [-0.05, 0) is 51.3 Å². The van der Waals surface area contributed by atoms with E-state index >= 15 is 0 Å². The zero-order valence-corrected chi connectivity index (χ0v) is 18.5. The van der Waals surface area contributed by atoms with Crippen LogP contribution < -0.4 is 29.6 Å². The first-order valence-electron chi connectivity index (χ1n) is 8.11. The molecule has 0 aliphatic carbocycles. The molecule has 0 aliphatic rings. The van der Waals surface area contributed by atoms with Crippen LogP contribution in [-0.2, 0) is 10.1 Å². The largest absolute Gasteiger partial charge is 1.00 e. The van der Waals surface area contributed by atoms with Crippen molar-refractivity contribution < 1.29 is 42.5 Å². The van der Waals surface area contributed by atoms with Crippen LogP contribution in [0.2, 0.25) is 0 Å². The summed E-state index contributed by atoms with van der Waals surface area (Å²) in [6.45, 7) is 12.3. The molecule has 0 fully saturated rings. The van der Waals surface area contributed by atoms with Gasteiger partial charge in [0.05, 0.1) is 4.90 Å². The van der Waals surface area contributed by atoms with E-state index in [1.807, 2.05) is 26.0 Å². The molecule has 0 radical (unpaired) electrons. The Morgan fingerprint density at radius 2 is 1.42 bits per heavy atom. The van der Waals surface area contributed by atoms with Crippen LogP contribution in [0.3, 0.4) is 0 Å². The number of hydrogen-bond acceptors (Lipinski definition) is 3. The Labute approximate surface area is 167 Å². The minimum absolute atomic E-state index is 0. The van der Waals surface area contributed by atoms with Crippen LogP contribution in [0.5, 0.6) is 0 Å². The minimum atomic E-state index is -4.51. The van der Waals surface area contributed by atoms with Crippen LogP contribution in [0, 0.1) is 0 Å². The molecule has 0 aliphatic heterocycles. The van der Waals surface area contributed by atoms with Crippen molar-refractivity contribution in [3.63, 3.8) is 0 Å². The maximum atomic E-state index is 11.8. The van der Waals surface area contributed by atoms with Crippen molar-refractivity contribution in [2.45, 2.75) is 64.2 Å². The summed E-state index contributed by atoms with van der Waals surface area (Å²) in [6, 6.07) is 7.48. The van der Waals surface area contributed by atoms with Gasteiger partial charge >= 0.3 is 29.6 Å². The molecular formula is C19H25NaO3S. The Morgan fingerprint density at radius 3 is 1.83 bits per heavy atom. The van der Waals surface area contributed by atoms with Crippen LogP contribution in [-0.4, -0.2) is 13.0 Å². The van der Waals surface area contributed by atoms with Gasteiger partial charge in [-0.25, -0.2) is 8.42 Å². The van der Waals surface area contributed by atoms with Crippen LogP contribution in [0.4, 0.5) is 0 Å². The molecule has 24 heavy (non-hydrogen) atoms. The fourth-order valence-corrected chi connectivity index (χ4v) is 4.28. The molecule has 126 valence electrons. The average molecular weight is 356 g/mol. The van der Waals surface area contributed by atoms with E-state index in [-0.39, 0.29) is 46.3 Å². The summed E-state index contributed by atoms with van der Waals surface area (Å²) in [6.07, 6.45) is 0. The third-order valence-electron chi connectivity index (χ3n) is 4.29. The molecule has 0 aromatic heterocycles. The van der Waals surface area contributed by atoms with Gasteiger partial charge in [0.15, 0.2) is 0 Å². The first kappa shape index (κ1) is 21.7. The van der Waals surface area contributed by atoms with Crippen molar-refractivity contribution in [3.05, 3.63) is 41.0 Å². The van der Waals surface area contributed by atoms with Crippen molar-refractivity contribution in [3.8, 4) is 0 Å². The van der Waals surface area contributed by atoms with Gasteiger partial charge < -0.3 is 4.55 Å². The second kappa shape index (κ2) is 7.88. The van der Waals surface area contributed by atoms with Gasteiger partial charge in [0.1, 0.15) is 10.1 Å². The first-order valence-corrected chi connectivity index (χ1v) is 9.51. The Hall–Kier alpha value is -0.390. The van der Waals surface area contributed by atoms with E-state index in [9.17, 15) is 13.0 Å². The predicted octanol–water partition coefficient (Wildman–Crippen LogP) is 2.12. The van der Waals surface area contributed by atoms with E-state index in [0.717, 1.165) is 16.3 Å². The van der Waals surface area contributed by atoms with E-state index < -0.39 is 10.1 Å². The van der Waals surface area contributed by atoms with Crippen molar-refractivity contribution in [1.82, 2.24) is 0 Å². The van der Waals surface area contributed by atoms with Crippen LogP contribution >= 0.6 is 0 Å². The number of rotatable bonds is 4. The van der Waals surface area contributed by atoms with E-state index in [4.69, 9.17) is 0 Å². The molecule has 0 spiro atoms. The second-order valence-corrected chi connectivity index (χ2v) is 8.41. The molecule has 0 N–H and O–H groups in total. The fraction of sp³-hybridized carbons (Fsp3) is 0.474. The number of hydrogen-bond donors (Lipinski definition) is 0. The zero-order chi connectivity index (χ0) is 17.5. The normalized spacial score (nSPS) is 12.2. The maximum absolute atomic E-state index is 11.8. The monoisotopic (exact) mass is 356 g/mol. The molecular weight excluding hydrogens is 331 g/mol. The molecule has 3 nitrogen and oxygen atoms in total. The van der Waals surface area contributed by atoms with Gasteiger partial charge in [-0.2, -0.15) is 0 Å². The zero-order valence-electron chi connectivity index (χ0n) is 15.7. The molecule has 0 unspecified atom stereocenters. The van der Waals surface area contributed by atoms with Crippen LogP contribution in [0.1, 0.15) is 76.0 Å². The molecule has 0 atom stereocenters. The third kappa shape index (κ3) is 4.05. The Bertz CT molecular complexity index is 837. The summed E-state index contributed by atoms with van der Waals surface area (Å²) in [4.78, 5) is -0.0652. The molecule has 5 heteroatoms. The van der Waals surface area contributed by atoms with E-state index in [1.165, 1.54) is 5.56 Å². The minimum Gasteiger partial charge on any atom is -0.744 e. The van der Waals surface area contributed by atoms with Gasteiger partial charge in [0, 0.05) is 0 Å². The Balaban J connectivity index is 0.00000288. The van der Waals surface area contributed by atoms with Gasteiger partial charge in [-0.15, -0.1) is 0 Å². The molecule has 2 aromatic carbocycles. The van der Waals surface area contributed by atoms with Crippen molar-refractivity contribution in [2.24, 2.45) is 0 Å². The summed E-state index contributed by atoms with van der Waals surface area (Å²) in [5.41, 5.74) is 2.87. The molecule has 0 bridgehead atoms. The average Bonchev–Trinajstić information content (AvgIpc) is 2.42. The summed E-state index contributed by atoms with van der Waals surface area (Å²) < 4.78 is 35.5. The molecule has 0 saturated carbocycles. The smallest absolute Gasteiger partial charge is 0.744 e. The Kier molecular flexibility index (Phi) is 7.11. The van der Waals surface area contributed by atoms with E-state index in [1.54, 1.807) is 6.07 Å². The second-order valence-electron chi connectivity index (χ2n) is 7.07. The molecule has 2 rings (SSSR count). The molecule has 0 saturated heterocycles. The van der Waals surface area contributed by atoms with Gasteiger partial charge in [0.25, 0.3) is 0 Å². The van der Waals surface area contributed by atoms with Crippen molar-refractivity contribution >= 4 is 20.9 Å². The van der Waals surface area contributed by atoms with Crippen molar-refractivity contribution in [2.75, 3.05) is 0 Å². The topological polar surface area (TPSA) is 57.2 Å². The quantitative estimate of drug-likeness (QED) is 0.623. The summed E-state index contributed by atoms with van der Waals surface area (Å²) >= 11 is 0. The fourth-order valence-electron chi connectivity index (χ4n) is 3.39. The molecule has 0 heterocycles. The maximum Gasteiger partial charge on any atom is 1.00 e. The Morgan fingerprint density at radius 1 is 0.875 bits per heavy atom. The van der Waals surface area contributed by atoms with Crippen LogP contribution in [0.25, 0.3) is 10.8 Å². The van der Waals surface area contributed by atoms with Crippen LogP contribution in [0.15, 0.2) is 29.2 Å². The number of benzene rings is 2. The van der Waals surface area contributed by atoms with E-state index in [0.29, 0.717) is 11.5 Å². The third-order valence-corrected chi connectivity index (χ3v) is 5.16. The number of fused-ring (bicyclic) bond motifs is 1. The standard InChI is InChI=1S/C19H26O3S.Na/c1-11(2)15-9-7-8-14-10-16(23(20,21)22)17(12(3)4)18(13(5)6)19(14)15;/h7-13H,1-6H3,(H,20,21,22);/q;+1/p-1. The predicted molar refractivity (Wildman–Crippen MR) is 94.2 cm³/mol. The van der Waals surface area contributed by atoms with Gasteiger partial charge in [-0.3, -0.25) is 0 Å². The summed E-state index contributed by atoms with van der Waals surface area (Å²) in [7, 11) is -4.51. The summed E-state index contributed by atoms with van der Waals surface area (Å²) in [5, 5.41) is 1.94. The van der Waals surface area contributed by atoms with Gasteiger partial charge in [-0.1, -0.05) is 59.7 Å². The van der Waals surface area contributed by atoms with Crippen molar-refractivity contribution in [1.29, 1.82) is 0 Å².